The second-order valence-corrected chi connectivity index (χ2v) is 12.3. The van der Waals surface area contributed by atoms with Crippen molar-refractivity contribution < 1.29 is 24.9 Å². The number of imide groups is 1. The zero-order valence-electron chi connectivity index (χ0n) is 23.4. The van der Waals surface area contributed by atoms with Crippen LogP contribution in [0.3, 0.4) is 0 Å². The van der Waals surface area contributed by atoms with Crippen molar-refractivity contribution in [3.05, 3.63) is 99.3 Å². The van der Waals surface area contributed by atoms with Gasteiger partial charge < -0.3 is 15.3 Å². The lowest BCUT2D eigenvalue weighted by Crippen LogP contribution is -2.39. The van der Waals surface area contributed by atoms with Gasteiger partial charge in [-0.25, -0.2) is 0 Å². The minimum atomic E-state index is -0.869. The van der Waals surface area contributed by atoms with Crippen LogP contribution in [0.25, 0.3) is 11.6 Å². The Balaban J connectivity index is 1.42. The number of aliphatic hydroxyl groups excluding tert-OH is 2. The Morgan fingerprint density at radius 1 is 1.02 bits per heavy atom. The van der Waals surface area contributed by atoms with Crippen molar-refractivity contribution in [2.45, 2.75) is 45.8 Å². The van der Waals surface area contributed by atoms with Gasteiger partial charge in [-0.2, -0.15) is 0 Å². The molecule has 0 saturated carbocycles. The normalized spacial score (nSPS) is 22.0. The number of aromatic hydroxyl groups is 1. The second kappa shape index (κ2) is 12.6. The smallest absolute Gasteiger partial charge is 0.234 e. The first kappa shape index (κ1) is 29.0. The minimum Gasteiger partial charge on any atom is -0.508 e. The molecule has 1 aliphatic heterocycles. The van der Waals surface area contributed by atoms with Gasteiger partial charge in [0, 0.05) is 10.8 Å². The maximum absolute atomic E-state index is 13.6. The fraction of sp³-hybridized carbons (Fsp3) is 0.353. The maximum Gasteiger partial charge on any atom is 0.234 e. The molecule has 4 atom stereocenters. The molecule has 0 unspecified atom stereocenters. The number of nitrogens with zero attached hydrogens (tertiary/aromatic N) is 1. The molecule has 1 fully saturated rings. The molecule has 6 nitrogen and oxygen atoms in total. The number of amides is 2. The third-order valence-corrected chi connectivity index (χ3v) is 9.28. The Hall–Kier alpha value is -3.52. The van der Waals surface area contributed by atoms with Crippen LogP contribution in [0.4, 0.5) is 0 Å². The molecule has 2 aliphatic rings. The van der Waals surface area contributed by atoms with Gasteiger partial charge in [0.05, 0.1) is 31.1 Å². The van der Waals surface area contributed by atoms with Crippen LogP contribution in [-0.4, -0.2) is 44.7 Å². The van der Waals surface area contributed by atoms with E-state index in [2.05, 4.69) is 6.08 Å². The number of thiophene rings is 1. The quantitative estimate of drug-likeness (QED) is 0.160. The highest BCUT2D eigenvalue weighted by Gasteiger charge is 2.55. The zero-order chi connectivity index (χ0) is 29.1. The van der Waals surface area contributed by atoms with Crippen molar-refractivity contribution in [2.24, 2.45) is 23.7 Å². The minimum absolute atomic E-state index is 0.0602. The predicted molar refractivity (Wildman–Crippen MR) is 162 cm³/mol. The molecular weight excluding hydrogens is 534 g/mol. The summed E-state index contributed by atoms with van der Waals surface area (Å²) in [6, 6.07) is 20.8. The van der Waals surface area contributed by atoms with Crippen LogP contribution in [0.2, 0.25) is 0 Å². The first-order valence-electron chi connectivity index (χ1n) is 14.2. The van der Waals surface area contributed by atoms with E-state index in [0.29, 0.717) is 19.3 Å². The van der Waals surface area contributed by atoms with E-state index >= 15 is 0 Å². The van der Waals surface area contributed by atoms with Gasteiger partial charge in [0.25, 0.3) is 0 Å². The summed E-state index contributed by atoms with van der Waals surface area (Å²) in [5, 5.41) is 33.9. The number of hydrogen-bond donors (Lipinski definition) is 3. The highest BCUT2D eigenvalue weighted by Crippen LogP contribution is 2.48. The molecule has 41 heavy (non-hydrogen) atoms. The average molecular weight is 572 g/mol. The standard InChI is InChI=1S/C34H37NO5S/c1-21(2)27-18-28-32(34(40)35(33(28)39)19-26-9-6-16-41-26)29(20-36)31(27)30(38)15-12-24(23-7-4-3-5-8-23)17-22-10-13-25(37)14-11-22/h3-11,13-14,16-17,21,28-30,32,36-38H,12,15,18-20H2,1-2H3/b24-17-/t28-,29+,30-,32-/m1/s1. The molecule has 7 heteroatoms. The lowest BCUT2D eigenvalue weighted by molar-refractivity contribution is -0.140. The van der Waals surface area contributed by atoms with E-state index in [4.69, 9.17) is 0 Å². The van der Waals surface area contributed by atoms with Gasteiger partial charge >= 0.3 is 0 Å². The summed E-state index contributed by atoms with van der Waals surface area (Å²) < 4.78 is 0. The molecule has 2 amide bonds. The van der Waals surface area contributed by atoms with Gasteiger partial charge in [0.15, 0.2) is 0 Å². The monoisotopic (exact) mass is 571 g/mol. The van der Waals surface area contributed by atoms with Crippen LogP contribution in [0, 0.1) is 23.7 Å². The summed E-state index contributed by atoms with van der Waals surface area (Å²) in [7, 11) is 0. The van der Waals surface area contributed by atoms with Crippen LogP contribution in [-0.2, 0) is 16.1 Å². The Labute approximate surface area is 245 Å². The van der Waals surface area contributed by atoms with Gasteiger partial charge in [-0.05, 0) is 71.0 Å². The summed E-state index contributed by atoms with van der Waals surface area (Å²) in [4.78, 5) is 29.4. The van der Waals surface area contributed by atoms with Crippen molar-refractivity contribution in [1.82, 2.24) is 4.90 Å². The molecule has 1 aromatic heterocycles. The molecule has 0 spiro atoms. The number of benzene rings is 2. The number of aliphatic hydroxyl groups is 2. The molecule has 3 N–H and O–H groups in total. The van der Waals surface area contributed by atoms with E-state index in [1.165, 1.54) is 16.2 Å². The summed E-state index contributed by atoms with van der Waals surface area (Å²) in [6.07, 6.45) is 2.57. The van der Waals surface area contributed by atoms with Crippen LogP contribution in [0.1, 0.15) is 49.1 Å². The molecular formula is C34H37NO5S. The summed E-state index contributed by atoms with van der Waals surface area (Å²) in [6.45, 7) is 4.03. The molecule has 3 aromatic rings. The van der Waals surface area contributed by atoms with Crippen molar-refractivity contribution >= 4 is 34.8 Å². The van der Waals surface area contributed by atoms with Crippen LogP contribution in [0.5, 0.6) is 5.75 Å². The number of carbonyl (C=O) groups is 2. The Bertz CT molecular complexity index is 1430. The number of likely N-dealkylation sites (tertiary alicyclic amines) is 1. The number of carbonyl (C=O) groups excluding carboxylic acids is 2. The number of fused-ring (bicyclic) bond motifs is 1. The molecule has 1 aliphatic carbocycles. The Morgan fingerprint density at radius 3 is 2.39 bits per heavy atom. The molecule has 2 heterocycles. The van der Waals surface area contributed by atoms with E-state index in [9.17, 15) is 24.9 Å². The summed E-state index contributed by atoms with van der Waals surface area (Å²) >= 11 is 1.51. The van der Waals surface area contributed by atoms with E-state index in [-0.39, 0.29) is 36.6 Å². The number of allylic oxidation sites excluding steroid dienone is 2. The highest BCUT2D eigenvalue weighted by molar-refractivity contribution is 7.09. The largest absolute Gasteiger partial charge is 0.508 e. The highest BCUT2D eigenvalue weighted by atomic mass is 32.1. The Morgan fingerprint density at radius 2 is 1.76 bits per heavy atom. The first-order valence-corrected chi connectivity index (χ1v) is 15.1. The lowest BCUT2D eigenvalue weighted by Gasteiger charge is -2.38. The van der Waals surface area contributed by atoms with Gasteiger partial charge in [-0.3, -0.25) is 14.5 Å². The SMILES string of the molecule is CC(C)C1=C([C@H](O)CC/C(=C/c2ccc(O)cc2)c2ccccc2)[C@H](CO)[C@@H]2C(=O)N(Cc3cccs3)C(=O)[C@@H]2C1. The third kappa shape index (κ3) is 6.08. The topological polar surface area (TPSA) is 98.1 Å². The third-order valence-electron chi connectivity index (χ3n) is 8.42. The van der Waals surface area contributed by atoms with Crippen LogP contribution < -0.4 is 0 Å². The molecule has 2 aromatic carbocycles. The van der Waals surface area contributed by atoms with Crippen LogP contribution in [0.15, 0.2) is 83.3 Å². The van der Waals surface area contributed by atoms with Crippen molar-refractivity contribution in [2.75, 3.05) is 6.61 Å². The fourth-order valence-electron chi connectivity index (χ4n) is 6.40. The van der Waals surface area contributed by atoms with Crippen molar-refractivity contribution in [3.63, 3.8) is 0 Å². The predicted octanol–water partition coefficient (Wildman–Crippen LogP) is 5.90. The van der Waals surface area contributed by atoms with E-state index in [0.717, 1.165) is 32.7 Å². The fourth-order valence-corrected chi connectivity index (χ4v) is 7.09. The second-order valence-electron chi connectivity index (χ2n) is 11.3. The van der Waals surface area contributed by atoms with E-state index in [1.807, 2.05) is 73.8 Å². The number of hydrogen-bond acceptors (Lipinski definition) is 6. The van der Waals surface area contributed by atoms with E-state index < -0.39 is 23.9 Å². The van der Waals surface area contributed by atoms with Gasteiger partial charge in [0.1, 0.15) is 5.75 Å². The maximum atomic E-state index is 13.6. The number of rotatable bonds is 10. The molecule has 0 radical (unpaired) electrons. The molecule has 1 saturated heterocycles. The summed E-state index contributed by atoms with van der Waals surface area (Å²) in [5.74, 6) is -1.95. The average Bonchev–Trinajstić information content (AvgIpc) is 3.58. The van der Waals surface area contributed by atoms with Crippen molar-refractivity contribution in [3.8, 4) is 5.75 Å². The van der Waals surface area contributed by atoms with Crippen LogP contribution >= 0.6 is 11.3 Å². The molecule has 0 bridgehead atoms. The summed E-state index contributed by atoms with van der Waals surface area (Å²) in [5.41, 5.74) is 4.70. The molecule has 5 rings (SSSR count). The number of phenols is 1. The van der Waals surface area contributed by atoms with E-state index in [1.54, 1.807) is 12.1 Å². The van der Waals surface area contributed by atoms with Gasteiger partial charge in [-0.1, -0.05) is 74.0 Å². The zero-order valence-corrected chi connectivity index (χ0v) is 24.3. The van der Waals surface area contributed by atoms with Gasteiger partial charge in [-0.15, -0.1) is 11.3 Å². The first-order chi connectivity index (χ1) is 19.8. The molecule has 214 valence electrons. The lowest BCUT2D eigenvalue weighted by atomic mass is 9.66. The Kier molecular flexibility index (Phi) is 8.88. The van der Waals surface area contributed by atoms with Crippen molar-refractivity contribution in [1.29, 1.82) is 0 Å². The number of phenolic OH excluding ortho intramolecular Hbond substituents is 1. The van der Waals surface area contributed by atoms with Gasteiger partial charge in [0.2, 0.25) is 11.8 Å².